The van der Waals surface area contributed by atoms with Crippen molar-refractivity contribution in [1.82, 2.24) is 5.43 Å². The molecule has 1 N–H and O–H groups in total. The van der Waals surface area contributed by atoms with Crippen LogP contribution >= 0.6 is 0 Å². The predicted octanol–water partition coefficient (Wildman–Crippen LogP) is 4.85. The third-order valence-corrected chi connectivity index (χ3v) is 6.81. The molecule has 2 aromatic carbocycles. The van der Waals surface area contributed by atoms with Gasteiger partial charge in [-0.05, 0) is 72.6 Å². The van der Waals surface area contributed by atoms with Crippen LogP contribution in [0.25, 0.3) is 0 Å². The van der Waals surface area contributed by atoms with Gasteiger partial charge in [-0.25, -0.2) is 5.43 Å². The second-order valence-electron chi connectivity index (χ2n) is 8.92. The fourth-order valence-electron chi connectivity index (χ4n) is 4.96. The summed E-state index contributed by atoms with van der Waals surface area (Å²) in [5, 5.41) is 14.9. The largest absolute Gasteiger partial charge is 0.490 e. The summed E-state index contributed by atoms with van der Waals surface area (Å²) in [5.41, 5.74) is 4.50. The number of nitro benzene ring substituents is 1. The van der Waals surface area contributed by atoms with Crippen LogP contribution in [0, 0.1) is 27.4 Å². The zero-order chi connectivity index (χ0) is 23.4. The summed E-state index contributed by atoms with van der Waals surface area (Å²) in [6.45, 7) is 4.82. The van der Waals surface area contributed by atoms with E-state index in [2.05, 4.69) is 17.5 Å². The van der Waals surface area contributed by atoms with Gasteiger partial charge < -0.3 is 9.47 Å². The van der Waals surface area contributed by atoms with Gasteiger partial charge in [0.15, 0.2) is 11.5 Å². The van der Waals surface area contributed by atoms with E-state index in [1.807, 2.05) is 19.1 Å². The van der Waals surface area contributed by atoms with Crippen LogP contribution in [-0.4, -0.2) is 23.7 Å². The molecule has 0 heterocycles. The number of hydrogen-bond acceptors (Lipinski definition) is 6. The van der Waals surface area contributed by atoms with Crippen LogP contribution in [0.5, 0.6) is 11.5 Å². The molecular weight excluding hydrogens is 422 g/mol. The molecular formula is C25H29N3O5. The molecule has 0 aromatic heterocycles. The van der Waals surface area contributed by atoms with E-state index >= 15 is 0 Å². The highest BCUT2D eigenvalue weighted by Gasteiger charge is 2.64. The van der Waals surface area contributed by atoms with E-state index in [-0.39, 0.29) is 29.5 Å². The number of nitrogens with one attached hydrogen (secondary N) is 1. The predicted molar refractivity (Wildman–Crippen MR) is 124 cm³/mol. The third-order valence-electron chi connectivity index (χ3n) is 6.81. The average molecular weight is 452 g/mol. The summed E-state index contributed by atoms with van der Waals surface area (Å²) in [6.07, 6.45) is 6.29. The van der Waals surface area contributed by atoms with Crippen molar-refractivity contribution in [1.29, 1.82) is 0 Å². The van der Waals surface area contributed by atoms with Gasteiger partial charge in [0.25, 0.3) is 5.69 Å². The van der Waals surface area contributed by atoms with Crippen molar-refractivity contribution in [3.63, 3.8) is 0 Å². The number of carbonyl (C=O) groups is 1. The van der Waals surface area contributed by atoms with Crippen molar-refractivity contribution in [2.24, 2.45) is 22.4 Å². The first-order chi connectivity index (χ1) is 15.9. The average Bonchev–Trinajstić information content (AvgIpc) is 3.44. The quantitative estimate of drug-likeness (QED) is 0.333. The monoisotopic (exact) mass is 451 g/mol. The van der Waals surface area contributed by atoms with Gasteiger partial charge in [0.2, 0.25) is 5.91 Å². The summed E-state index contributed by atoms with van der Waals surface area (Å²) >= 11 is 0. The Balaban J connectivity index is 1.36. The third kappa shape index (κ3) is 4.99. The molecule has 4 rings (SSSR count). The maximum Gasteiger partial charge on any atom is 0.269 e. The number of hydrazone groups is 1. The number of nitrogens with zero attached hydrogens (tertiary/aromatic N) is 2. The molecule has 33 heavy (non-hydrogen) atoms. The number of amides is 1. The molecule has 3 atom stereocenters. The van der Waals surface area contributed by atoms with E-state index in [9.17, 15) is 14.9 Å². The number of benzene rings is 2. The second kappa shape index (κ2) is 9.60. The molecule has 8 heteroatoms. The van der Waals surface area contributed by atoms with Crippen molar-refractivity contribution in [3.05, 3.63) is 63.7 Å². The van der Waals surface area contributed by atoms with Gasteiger partial charge in [0.05, 0.1) is 17.7 Å². The lowest BCUT2D eigenvalue weighted by Gasteiger charge is -2.15. The van der Waals surface area contributed by atoms with Crippen LogP contribution in [0.15, 0.2) is 47.6 Å². The minimum absolute atomic E-state index is 0.00809. The molecule has 2 aliphatic carbocycles. The molecule has 0 saturated heterocycles. The number of rotatable bonds is 9. The minimum Gasteiger partial charge on any atom is -0.490 e. The highest BCUT2D eigenvalue weighted by molar-refractivity contribution is 5.86. The van der Waals surface area contributed by atoms with Gasteiger partial charge in [0.1, 0.15) is 6.61 Å². The molecule has 2 aromatic rings. The van der Waals surface area contributed by atoms with Gasteiger partial charge in [0, 0.05) is 18.1 Å². The van der Waals surface area contributed by atoms with E-state index in [4.69, 9.17) is 9.47 Å². The Morgan fingerprint density at radius 3 is 2.67 bits per heavy atom. The van der Waals surface area contributed by atoms with Gasteiger partial charge in [-0.1, -0.05) is 19.8 Å². The summed E-state index contributed by atoms with van der Waals surface area (Å²) in [7, 11) is 0. The van der Waals surface area contributed by atoms with Crippen LogP contribution in [0.3, 0.4) is 0 Å². The summed E-state index contributed by atoms with van der Waals surface area (Å²) in [4.78, 5) is 22.9. The molecule has 0 spiro atoms. The highest BCUT2D eigenvalue weighted by Crippen LogP contribution is 2.66. The molecule has 174 valence electrons. The fraction of sp³-hybridized carbons (Fsp3) is 0.440. The molecule has 0 radical (unpaired) electrons. The summed E-state index contributed by atoms with van der Waals surface area (Å²) < 4.78 is 11.6. The first-order valence-corrected chi connectivity index (χ1v) is 11.4. The zero-order valence-electron chi connectivity index (χ0n) is 19.0. The molecule has 8 nitrogen and oxygen atoms in total. The Morgan fingerprint density at radius 1 is 1.21 bits per heavy atom. The zero-order valence-corrected chi connectivity index (χ0v) is 19.0. The lowest BCUT2D eigenvalue weighted by molar-refractivity contribution is -0.384. The molecule has 0 bridgehead atoms. The van der Waals surface area contributed by atoms with Gasteiger partial charge in [-0.15, -0.1) is 0 Å². The summed E-state index contributed by atoms with van der Waals surface area (Å²) in [6, 6.07) is 11.7. The molecule has 0 aliphatic heterocycles. The molecule has 2 fully saturated rings. The van der Waals surface area contributed by atoms with Gasteiger partial charge >= 0.3 is 0 Å². The number of non-ortho nitro benzene ring substituents is 1. The van der Waals surface area contributed by atoms with Crippen molar-refractivity contribution in [3.8, 4) is 11.5 Å². The topological polar surface area (TPSA) is 103 Å². The van der Waals surface area contributed by atoms with Crippen LogP contribution in [0.2, 0.25) is 0 Å². The van der Waals surface area contributed by atoms with Crippen molar-refractivity contribution in [2.45, 2.75) is 46.1 Å². The number of carbonyl (C=O) groups excluding carboxylic acids is 1. The SMILES string of the molecule is CCOc1cc(/C=N/NC(=O)[C@@H]2[C@H]3CCCC[C@@]32C)ccc1OCc1ccc([N+](=O)[O-])cc1. The Kier molecular flexibility index (Phi) is 6.62. The van der Waals surface area contributed by atoms with E-state index in [0.717, 1.165) is 24.0 Å². The van der Waals surface area contributed by atoms with Crippen LogP contribution in [-0.2, 0) is 11.4 Å². The van der Waals surface area contributed by atoms with E-state index in [1.165, 1.54) is 25.0 Å². The smallest absolute Gasteiger partial charge is 0.269 e. The minimum atomic E-state index is -0.432. The highest BCUT2D eigenvalue weighted by atomic mass is 16.6. The van der Waals surface area contributed by atoms with Crippen LogP contribution in [0.4, 0.5) is 5.69 Å². The number of nitro groups is 1. The van der Waals surface area contributed by atoms with Crippen molar-refractivity contribution in [2.75, 3.05) is 6.61 Å². The fourth-order valence-corrected chi connectivity index (χ4v) is 4.96. The van der Waals surface area contributed by atoms with Crippen molar-refractivity contribution < 1.29 is 19.2 Å². The maximum absolute atomic E-state index is 12.6. The lowest BCUT2D eigenvalue weighted by Crippen LogP contribution is -2.22. The van der Waals surface area contributed by atoms with Gasteiger partial charge in [-0.3, -0.25) is 14.9 Å². The molecule has 0 unspecified atom stereocenters. The van der Waals surface area contributed by atoms with Crippen molar-refractivity contribution >= 4 is 17.8 Å². The molecule has 2 aliphatic rings. The normalized spacial score (nSPS) is 23.6. The number of ether oxygens (including phenoxy) is 2. The molecule has 1 amide bonds. The number of fused-ring (bicyclic) bond motifs is 1. The molecule has 2 saturated carbocycles. The van der Waals surface area contributed by atoms with E-state index in [0.29, 0.717) is 24.0 Å². The Labute approximate surface area is 193 Å². The van der Waals surface area contributed by atoms with Crippen LogP contribution in [0.1, 0.15) is 50.7 Å². The lowest BCUT2D eigenvalue weighted by atomic mass is 9.90. The Bertz CT molecular complexity index is 1050. The number of hydrogen-bond donors (Lipinski definition) is 1. The van der Waals surface area contributed by atoms with E-state index < -0.39 is 4.92 Å². The summed E-state index contributed by atoms with van der Waals surface area (Å²) in [5.74, 6) is 1.71. The first-order valence-electron chi connectivity index (χ1n) is 11.4. The first kappa shape index (κ1) is 22.8. The second-order valence-corrected chi connectivity index (χ2v) is 8.92. The standard InChI is InChI=1S/C25H29N3O5/c1-3-32-22-14-18(15-26-27-24(29)23-20-6-4-5-13-25(20,23)2)9-12-21(22)33-16-17-7-10-19(11-8-17)28(30)31/h7-12,14-15,20,23H,3-6,13,16H2,1-2H3,(H,27,29)/b26-15+/t20-,23+,25+/m1/s1. The Hall–Kier alpha value is -3.42. The maximum atomic E-state index is 12.6. The van der Waals surface area contributed by atoms with E-state index in [1.54, 1.807) is 24.4 Å². The van der Waals surface area contributed by atoms with Crippen LogP contribution < -0.4 is 14.9 Å². The van der Waals surface area contributed by atoms with Gasteiger partial charge in [-0.2, -0.15) is 5.10 Å². The Morgan fingerprint density at radius 2 is 2.00 bits per heavy atom.